The number of ether oxygens (including phenoxy) is 1. The summed E-state index contributed by atoms with van der Waals surface area (Å²) >= 11 is 0. The van der Waals surface area contributed by atoms with Gasteiger partial charge < -0.3 is 25.4 Å². The quantitative estimate of drug-likeness (QED) is 0.316. The lowest BCUT2D eigenvalue weighted by atomic mass is 9.88. The number of hydrogen-bond donors (Lipinski definition) is 4. The van der Waals surface area contributed by atoms with Gasteiger partial charge in [-0.2, -0.15) is 0 Å². The van der Waals surface area contributed by atoms with Gasteiger partial charge in [0.05, 0.1) is 18.3 Å². The van der Waals surface area contributed by atoms with Crippen LogP contribution >= 0.6 is 0 Å². The van der Waals surface area contributed by atoms with Gasteiger partial charge in [0.25, 0.3) is 5.91 Å². The molecule has 1 aromatic carbocycles. The van der Waals surface area contributed by atoms with Crippen molar-refractivity contribution < 1.29 is 46.6 Å². The summed E-state index contributed by atoms with van der Waals surface area (Å²) in [6.07, 6.45) is 4.23. The SMILES string of the molecule is CC(C)(C)C(O)C(=O)N[C@H]1CCCCCC=C[C@@H]2C[C@@]2(C(=O)NS(=O)(=O)C2CC2)NC(=O)[C@@H]2C[C@@H](OC(=O)N3Cc4cccc(F)c4C3)CN2C1=O. The van der Waals surface area contributed by atoms with Crippen molar-refractivity contribution >= 4 is 39.7 Å². The molecular weight excluding hydrogens is 697 g/mol. The largest absolute Gasteiger partial charge is 0.444 e. The van der Waals surface area contributed by atoms with Crippen molar-refractivity contribution in [1.29, 1.82) is 0 Å². The van der Waals surface area contributed by atoms with Crippen LogP contribution in [0.3, 0.4) is 0 Å². The molecule has 3 heterocycles. The predicted molar refractivity (Wildman–Crippen MR) is 185 cm³/mol. The van der Waals surface area contributed by atoms with Crippen LogP contribution in [-0.4, -0.2) is 94.7 Å². The van der Waals surface area contributed by atoms with Gasteiger partial charge >= 0.3 is 6.09 Å². The third-order valence-corrected chi connectivity index (χ3v) is 12.5. The normalized spacial score (nSPS) is 28.7. The van der Waals surface area contributed by atoms with Crippen molar-refractivity contribution in [3.05, 3.63) is 47.3 Å². The maximum atomic E-state index is 14.4. The molecule has 1 saturated heterocycles. The van der Waals surface area contributed by atoms with E-state index >= 15 is 0 Å². The predicted octanol–water partition coefficient (Wildman–Crippen LogP) is 2.14. The highest BCUT2D eigenvalue weighted by molar-refractivity contribution is 7.91. The Labute approximate surface area is 302 Å². The molecule has 52 heavy (non-hydrogen) atoms. The summed E-state index contributed by atoms with van der Waals surface area (Å²) in [5, 5.41) is 15.5. The number of nitrogens with zero attached hydrogens (tertiary/aromatic N) is 2. The number of nitrogens with one attached hydrogen (secondary N) is 3. The summed E-state index contributed by atoms with van der Waals surface area (Å²) in [7, 11) is -3.93. The molecule has 2 aliphatic carbocycles. The van der Waals surface area contributed by atoms with Crippen LogP contribution in [0.4, 0.5) is 9.18 Å². The molecule has 0 bridgehead atoms. The number of aliphatic hydroxyl groups excluding tert-OH is 1. The summed E-state index contributed by atoms with van der Waals surface area (Å²) in [6, 6.07) is 2.20. The van der Waals surface area contributed by atoms with E-state index in [2.05, 4.69) is 15.4 Å². The minimum atomic E-state index is -3.93. The van der Waals surface area contributed by atoms with Gasteiger partial charge in [-0.15, -0.1) is 0 Å². The number of carbonyl (C=O) groups excluding carboxylic acids is 5. The molecule has 3 fully saturated rings. The Morgan fingerprint density at radius 1 is 1.10 bits per heavy atom. The van der Waals surface area contributed by atoms with Crippen LogP contribution in [0.1, 0.15) is 89.7 Å². The standard InChI is InChI=1S/C36H48FN5O9S/c1-35(2,3)29(43)31(45)38-27-13-8-6-4-5-7-11-22-17-36(22,33(47)40-52(49,50)24-14-15-24)39-30(44)28-16-23(19-42(28)32(27)46)51-34(48)41-18-21-10-9-12-26(37)25(21)20-41/h7,9-12,22-24,27-29,43H,4-6,8,13-20H2,1-3H3,(H,38,45)(H,39,44)(H,40,47)/t22-,23-,27+,28+,29?,36-/m1/s1. The first kappa shape index (κ1) is 37.7. The third-order valence-electron chi connectivity index (χ3n) is 10.7. The lowest BCUT2D eigenvalue weighted by molar-refractivity contribution is -0.144. The molecule has 284 valence electrons. The van der Waals surface area contributed by atoms with Crippen LogP contribution in [0.15, 0.2) is 30.4 Å². The van der Waals surface area contributed by atoms with Gasteiger partial charge in [0.2, 0.25) is 27.7 Å². The number of hydrogen-bond acceptors (Lipinski definition) is 9. The van der Waals surface area contributed by atoms with Crippen LogP contribution in [0.25, 0.3) is 0 Å². The number of carbonyl (C=O) groups is 5. The Morgan fingerprint density at radius 2 is 1.85 bits per heavy atom. The number of rotatable bonds is 6. The Balaban J connectivity index is 1.26. The first-order valence-corrected chi connectivity index (χ1v) is 19.6. The highest BCUT2D eigenvalue weighted by Gasteiger charge is 2.62. The molecular formula is C36H48FN5O9S. The molecule has 0 aromatic heterocycles. The van der Waals surface area contributed by atoms with Crippen molar-refractivity contribution in [1.82, 2.24) is 25.2 Å². The summed E-state index contributed by atoms with van der Waals surface area (Å²) in [5.74, 6) is -3.90. The second-order valence-electron chi connectivity index (χ2n) is 15.8. The van der Waals surface area contributed by atoms with Crippen molar-refractivity contribution in [2.75, 3.05) is 6.54 Å². The zero-order valence-electron chi connectivity index (χ0n) is 29.7. The summed E-state index contributed by atoms with van der Waals surface area (Å²) in [4.78, 5) is 71.2. The lowest BCUT2D eigenvalue weighted by Gasteiger charge is -2.31. The second-order valence-corrected chi connectivity index (χ2v) is 17.8. The van der Waals surface area contributed by atoms with Gasteiger partial charge in [-0.3, -0.25) is 28.8 Å². The Kier molecular flexibility index (Phi) is 10.4. The highest BCUT2D eigenvalue weighted by atomic mass is 32.2. The maximum Gasteiger partial charge on any atom is 0.410 e. The summed E-state index contributed by atoms with van der Waals surface area (Å²) in [6.45, 7) is 4.94. The maximum absolute atomic E-state index is 14.4. The zero-order chi connectivity index (χ0) is 37.6. The molecule has 0 radical (unpaired) electrons. The Bertz CT molecular complexity index is 1760. The number of aliphatic hydroxyl groups is 1. The van der Waals surface area contributed by atoms with E-state index in [9.17, 15) is 41.9 Å². The van der Waals surface area contributed by atoms with E-state index < -0.39 is 92.0 Å². The molecule has 6 atom stereocenters. The molecule has 4 N–H and O–H groups in total. The van der Waals surface area contributed by atoms with E-state index in [0.717, 1.165) is 6.42 Å². The van der Waals surface area contributed by atoms with Crippen molar-refractivity contribution in [3.63, 3.8) is 0 Å². The molecule has 5 aliphatic rings. The van der Waals surface area contributed by atoms with E-state index in [0.29, 0.717) is 43.2 Å². The van der Waals surface area contributed by atoms with E-state index in [1.165, 1.54) is 15.9 Å². The molecule has 3 aliphatic heterocycles. The van der Waals surface area contributed by atoms with Gasteiger partial charge in [-0.05, 0) is 55.6 Å². The number of sulfonamides is 1. The molecule has 6 rings (SSSR count). The minimum absolute atomic E-state index is 0.0133. The van der Waals surface area contributed by atoms with Gasteiger partial charge in [-0.1, -0.05) is 57.9 Å². The fraction of sp³-hybridized carbons (Fsp3) is 0.639. The van der Waals surface area contributed by atoms with E-state index in [4.69, 9.17) is 4.74 Å². The number of allylic oxidation sites excluding steroid dienone is 1. The zero-order valence-corrected chi connectivity index (χ0v) is 30.5. The second kappa shape index (κ2) is 14.4. The smallest absolute Gasteiger partial charge is 0.410 e. The Morgan fingerprint density at radius 3 is 2.54 bits per heavy atom. The first-order chi connectivity index (χ1) is 24.5. The number of benzene rings is 1. The molecule has 1 unspecified atom stereocenters. The average molecular weight is 746 g/mol. The van der Waals surface area contributed by atoms with Crippen LogP contribution < -0.4 is 15.4 Å². The first-order valence-electron chi connectivity index (χ1n) is 18.1. The molecule has 16 heteroatoms. The van der Waals surface area contributed by atoms with Crippen LogP contribution in [0.2, 0.25) is 0 Å². The molecule has 1 aromatic rings. The van der Waals surface area contributed by atoms with Crippen molar-refractivity contribution in [2.24, 2.45) is 11.3 Å². The Hall–Kier alpha value is -4.05. The molecule has 14 nitrogen and oxygen atoms in total. The number of halogens is 1. The summed E-state index contributed by atoms with van der Waals surface area (Å²) < 4.78 is 47.9. The van der Waals surface area contributed by atoms with E-state index in [1.54, 1.807) is 39.0 Å². The fourth-order valence-electron chi connectivity index (χ4n) is 7.22. The van der Waals surface area contributed by atoms with E-state index in [1.807, 2.05) is 6.08 Å². The number of amides is 5. The van der Waals surface area contributed by atoms with Gasteiger partial charge in [-0.25, -0.2) is 17.6 Å². The monoisotopic (exact) mass is 745 g/mol. The fourth-order valence-corrected chi connectivity index (χ4v) is 8.58. The average Bonchev–Trinajstić information content (AvgIpc) is 3.96. The summed E-state index contributed by atoms with van der Waals surface area (Å²) in [5.41, 5.74) is -1.38. The highest BCUT2D eigenvalue weighted by Crippen LogP contribution is 2.46. The lowest BCUT2D eigenvalue weighted by Crippen LogP contribution is -2.59. The van der Waals surface area contributed by atoms with Crippen LogP contribution in [0, 0.1) is 17.2 Å². The van der Waals surface area contributed by atoms with Crippen LogP contribution in [0.5, 0.6) is 0 Å². The molecule has 0 spiro atoms. The minimum Gasteiger partial charge on any atom is -0.444 e. The number of fused-ring (bicyclic) bond motifs is 3. The van der Waals surface area contributed by atoms with Crippen LogP contribution in [-0.2, 0) is 47.0 Å². The van der Waals surface area contributed by atoms with Crippen molar-refractivity contribution in [2.45, 2.75) is 127 Å². The van der Waals surface area contributed by atoms with Crippen molar-refractivity contribution in [3.8, 4) is 0 Å². The molecule has 5 amide bonds. The topological polar surface area (TPSA) is 192 Å². The van der Waals surface area contributed by atoms with E-state index in [-0.39, 0.29) is 38.9 Å². The third kappa shape index (κ3) is 7.97. The van der Waals surface area contributed by atoms with Gasteiger partial charge in [0.15, 0.2) is 0 Å². The van der Waals surface area contributed by atoms with Gasteiger partial charge in [0, 0.05) is 24.4 Å². The van der Waals surface area contributed by atoms with Gasteiger partial charge in [0.1, 0.15) is 35.6 Å². The molecule has 2 saturated carbocycles.